The van der Waals surface area contributed by atoms with Crippen LogP contribution in [0.25, 0.3) is 0 Å². The Morgan fingerprint density at radius 1 is 1.13 bits per heavy atom. The predicted molar refractivity (Wildman–Crippen MR) is 119 cm³/mol. The topological polar surface area (TPSA) is 87.3 Å². The molecule has 2 aromatic rings. The molecule has 1 atom stereocenters. The van der Waals surface area contributed by atoms with E-state index in [0.717, 1.165) is 19.3 Å². The minimum Gasteiger partial charge on any atom is -0.343 e. The Labute approximate surface area is 185 Å². The van der Waals surface area contributed by atoms with E-state index in [1.807, 2.05) is 6.07 Å². The average molecular weight is 448 g/mol. The molecule has 160 valence electrons. The van der Waals surface area contributed by atoms with E-state index in [2.05, 4.69) is 36.9 Å². The molecule has 1 aliphatic rings. The van der Waals surface area contributed by atoms with Gasteiger partial charge >= 0.3 is 0 Å². The van der Waals surface area contributed by atoms with Crippen LogP contribution >= 0.6 is 22.9 Å². The first-order valence-corrected chi connectivity index (χ1v) is 11.1. The lowest BCUT2D eigenvalue weighted by molar-refractivity contribution is -0.120. The van der Waals surface area contributed by atoms with Gasteiger partial charge in [-0.15, -0.1) is 11.3 Å². The molecule has 3 N–H and O–H groups in total. The fourth-order valence-electron chi connectivity index (χ4n) is 3.51. The Morgan fingerprint density at radius 3 is 2.57 bits per heavy atom. The summed E-state index contributed by atoms with van der Waals surface area (Å²) in [7, 11) is 0. The molecule has 0 bridgehead atoms. The Hall–Kier alpha value is -2.38. The van der Waals surface area contributed by atoms with Crippen molar-refractivity contribution in [3.05, 3.63) is 56.2 Å². The highest BCUT2D eigenvalue weighted by Gasteiger charge is 2.30. The number of aryl methyl sites for hydroxylation is 1. The van der Waals surface area contributed by atoms with E-state index in [4.69, 9.17) is 11.6 Å². The van der Waals surface area contributed by atoms with Crippen molar-refractivity contribution in [2.45, 2.75) is 40.0 Å². The Morgan fingerprint density at radius 2 is 1.87 bits per heavy atom. The average Bonchev–Trinajstić information content (AvgIpc) is 3.13. The van der Waals surface area contributed by atoms with Crippen LogP contribution < -0.4 is 16.2 Å². The Bertz CT molecular complexity index is 965. The number of fused-ring (bicyclic) bond motifs is 1. The number of carbonyl (C=O) groups excluding carboxylic acids is 3. The quantitative estimate of drug-likeness (QED) is 0.624. The molecular weight excluding hydrogens is 422 g/mol. The fraction of sp³-hybridized carbons (Fsp3) is 0.409. The van der Waals surface area contributed by atoms with Crippen LogP contribution in [-0.4, -0.2) is 24.3 Å². The second kappa shape index (κ2) is 9.18. The summed E-state index contributed by atoms with van der Waals surface area (Å²) in [6.07, 6.45) is 3.08. The smallest absolute Gasteiger partial charge is 0.279 e. The number of nitrogens with one attached hydrogen (secondary N) is 3. The summed E-state index contributed by atoms with van der Waals surface area (Å²) in [5.74, 6) is -0.747. The number of amides is 3. The SMILES string of the molecule is CC(C)(C)C1CCc2sc(C(=O)NNC(=O)CNC(=O)c3ccccc3Cl)cc2C1. The third kappa shape index (κ3) is 5.40. The van der Waals surface area contributed by atoms with Gasteiger partial charge in [0.1, 0.15) is 0 Å². The molecule has 6 nitrogen and oxygen atoms in total. The largest absolute Gasteiger partial charge is 0.343 e. The number of hydrazine groups is 1. The van der Waals surface area contributed by atoms with Crippen LogP contribution in [0.2, 0.25) is 5.02 Å². The van der Waals surface area contributed by atoms with E-state index >= 15 is 0 Å². The molecule has 1 aliphatic carbocycles. The molecule has 0 fully saturated rings. The molecule has 0 aliphatic heterocycles. The van der Waals surface area contributed by atoms with E-state index < -0.39 is 11.8 Å². The fourth-order valence-corrected chi connectivity index (χ4v) is 4.83. The first-order chi connectivity index (χ1) is 14.1. The van der Waals surface area contributed by atoms with Crippen molar-refractivity contribution < 1.29 is 14.4 Å². The summed E-state index contributed by atoms with van der Waals surface area (Å²) in [5, 5.41) is 2.78. The zero-order valence-corrected chi connectivity index (χ0v) is 18.9. The summed E-state index contributed by atoms with van der Waals surface area (Å²) >= 11 is 7.44. The second-order valence-electron chi connectivity index (χ2n) is 8.53. The van der Waals surface area contributed by atoms with Gasteiger partial charge in [0.15, 0.2) is 0 Å². The highest BCUT2D eigenvalue weighted by Crippen LogP contribution is 2.40. The molecule has 30 heavy (non-hydrogen) atoms. The maximum absolute atomic E-state index is 12.4. The van der Waals surface area contributed by atoms with Crippen LogP contribution in [0.1, 0.15) is 57.7 Å². The first-order valence-electron chi connectivity index (χ1n) is 9.88. The molecule has 1 aromatic carbocycles. The minimum absolute atomic E-state index is 0.241. The number of benzene rings is 1. The van der Waals surface area contributed by atoms with E-state index in [0.29, 0.717) is 15.8 Å². The highest BCUT2D eigenvalue weighted by atomic mass is 35.5. The zero-order chi connectivity index (χ0) is 21.9. The minimum atomic E-state index is -0.530. The summed E-state index contributed by atoms with van der Waals surface area (Å²) in [6, 6.07) is 8.50. The van der Waals surface area contributed by atoms with Gasteiger partial charge in [-0.2, -0.15) is 0 Å². The van der Waals surface area contributed by atoms with Gasteiger partial charge in [-0.1, -0.05) is 44.5 Å². The zero-order valence-electron chi connectivity index (χ0n) is 17.3. The number of rotatable bonds is 4. The predicted octanol–water partition coefficient (Wildman–Crippen LogP) is 3.74. The normalized spacial score (nSPS) is 15.8. The third-order valence-electron chi connectivity index (χ3n) is 5.37. The second-order valence-corrected chi connectivity index (χ2v) is 10.1. The number of hydrogen-bond acceptors (Lipinski definition) is 4. The summed E-state index contributed by atoms with van der Waals surface area (Å²) in [4.78, 5) is 38.3. The van der Waals surface area contributed by atoms with Gasteiger partial charge < -0.3 is 5.32 Å². The number of hydrogen-bond donors (Lipinski definition) is 3. The van der Waals surface area contributed by atoms with Crippen molar-refractivity contribution in [3.8, 4) is 0 Å². The van der Waals surface area contributed by atoms with Crippen LogP contribution in [-0.2, 0) is 17.6 Å². The number of thiophene rings is 1. The van der Waals surface area contributed by atoms with Crippen LogP contribution in [0.4, 0.5) is 0 Å². The molecule has 0 spiro atoms. The van der Waals surface area contributed by atoms with Gasteiger partial charge in [-0.05, 0) is 54.4 Å². The third-order valence-corrected chi connectivity index (χ3v) is 6.94. The first kappa shape index (κ1) is 22.3. The van der Waals surface area contributed by atoms with Crippen molar-refractivity contribution in [2.24, 2.45) is 11.3 Å². The van der Waals surface area contributed by atoms with Crippen LogP contribution in [0, 0.1) is 11.3 Å². The van der Waals surface area contributed by atoms with Crippen molar-refractivity contribution in [2.75, 3.05) is 6.54 Å². The Kier molecular flexibility index (Phi) is 6.83. The highest BCUT2D eigenvalue weighted by molar-refractivity contribution is 7.14. The lowest BCUT2D eigenvalue weighted by Gasteiger charge is -2.33. The van der Waals surface area contributed by atoms with Gasteiger partial charge in [0.2, 0.25) is 0 Å². The van der Waals surface area contributed by atoms with Crippen LogP contribution in [0.5, 0.6) is 0 Å². The summed E-state index contributed by atoms with van der Waals surface area (Å²) in [5.41, 5.74) is 6.51. The summed E-state index contributed by atoms with van der Waals surface area (Å²) < 4.78 is 0. The molecule has 0 radical (unpaired) electrons. The summed E-state index contributed by atoms with van der Waals surface area (Å²) in [6.45, 7) is 6.48. The number of halogens is 1. The Balaban J connectivity index is 1.49. The molecule has 0 saturated heterocycles. The van der Waals surface area contributed by atoms with Gasteiger partial charge in [0.25, 0.3) is 17.7 Å². The maximum atomic E-state index is 12.4. The monoisotopic (exact) mass is 447 g/mol. The van der Waals surface area contributed by atoms with Crippen molar-refractivity contribution in [1.29, 1.82) is 0 Å². The van der Waals surface area contributed by atoms with Crippen LogP contribution in [0.15, 0.2) is 30.3 Å². The molecule has 3 amide bonds. The number of carbonyl (C=O) groups is 3. The van der Waals surface area contributed by atoms with Gasteiger partial charge in [0, 0.05) is 4.88 Å². The van der Waals surface area contributed by atoms with Crippen molar-refractivity contribution in [1.82, 2.24) is 16.2 Å². The molecule has 0 saturated carbocycles. The lowest BCUT2D eigenvalue weighted by atomic mass is 9.72. The van der Waals surface area contributed by atoms with Crippen molar-refractivity contribution in [3.63, 3.8) is 0 Å². The lowest BCUT2D eigenvalue weighted by Crippen LogP contribution is -2.46. The maximum Gasteiger partial charge on any atom is 0.279 e. The van der Waals surface area contributed by atoms with E-state index in [1.165, 1.54) is 21.8 Å². The van der Waals surface area contributed by atoms with Gasteiger partial charge in [0.05, 0.1) is 22.0 Å². The molecule has 3 rings (SSSR count). The molecule has 1 aromatic heterocycles. The molecule has 8 heteroatoms. The van der Waals surface area contributed by atoms with E-state index in [9.17, 15) is 14.4 Å². The molecular formula is C22H26ClN3O3S. The molecule has 1 heterocycles. The van der Waals surface area contributed by atoms with Gasteiger partial charge in [-0.25, -0.2) is 0 Å². The standard InChI is InChI=1S/C22H26ClN3O3S/c1-22(2,3)14-8-9-17-13(10-14)11-18(30-17)21(29)26-25-19(27)12-24-20(28)15-6-4-5-7-16(15)23/h4-7,11,14H,8-10,12H2,1-3H3,(H,24,28)(H,25,27)(H,26,29). The van der Waals surface area contributed by atoms with Crippen molar-refractivity contribution >= 4 is 40.7 Å². The van der Waals surface area contributed by atoms with Gasteiger partial charge in [-0.3, -0.25) is 25.2 Å². The van der Waals surface area contributed by atoms with E-state index in [1.54, 1.807) is 24.3 Å². The van der Waals surface area contributed by atoms with Crippen LogP contribution in [0.3, 0.4) is 0 Å². The molecule has 1 unspecified atom stereocenters. The van der Waals surface area contributed by atoms with E-state index in [-0.39, 0.29) is 23.4 Å².